The van der Waals surface area contributed by atoms with Crippen molar-refractivity contribution in [1.82, 2.24) is 5.32 Å². The summed E-state index contributed by atoms with van der Waals surface area (Å²) in [6.07, 6.45) is 1.05. The molecule has 36 heavy (non-hydrogen) atoms. The molecule has 188 valence electrons. The van der Waals surface area contributed by atoms with E-state index in [9.17, 15) is 26.4 Å². The first-order chi connectivity index (χ1) is 17.1. The summed E-state index contributed by atoms with van der Waals surface area (Å²) < 4.78 is 75.6. The van der Waals surface area contributed by atoms with Crippen molar-refractivity contribution in [2.75, 3.05) is 24.5 Å². The smallest absolute Gasteiger partial charge is 0.255 e. The Kier molecular flexibility index (Phi) is 6.93. The summed E-state index contributed by atoms with van der Waals surface area (Å²) in [6, 6.07) is 11.6. The normalized spacial score (nSPS) is 11.5. The minimum Gasteiger partial charge on any atom is -0.487 e. The average molecular weight is 519 g/mol. The van der Waals surface area contributed by atoms with Crippen LogP contribution in [-0.2, 0) is 16.4 Å². The summed E-state index contributed by atoms with van der Waals surface area (Å²) >= 11 is 0. The van der Waals surface area contributed by atoms with Gasteiger partial charge < -0.3 is 19.8 Å². The van der Waals surface area contributed by atoms with Gasteiger partial charge in [0, 0.05) is 30.3 Å². The van der Waals surface area contributed by atoms with Crippen LogP contribution in [-0.4, -0.2) is 33.5 Å². The van der Waals surface area contributed by atoms with Crippen LogP contribution in [0.2, 0.25) is 0 Å². The molecule has 0 saturated heterocycles. The number of benzene rings is 3. The van der Waals surface area contributed by atoms with Crippen molar-refractivity contribution in [2.24, 2.45) is 0 Å². The first kappa shape index (κ1) is 25.1. The van der Waals surface area contributed by atoms with Crippen molar-refractivity contribution in [3.8, 4) is 17.1 Å². The minimum absolute atomic E-state index is 0.146. The fraction of sp³-hybridized carbons (Fsp3) is 0.160. The summed E-state index contributed by atoms with van der Waals surface area (Å²) in [7, 11) is -1.98. The van der Waals surface area contributed by atoms with Crippen molar-refractivity contribution < 1.29 is 35.5 Å². The summed E-state index contributed by atoms with van der Waals surface area (Å²) in [5, 5.41) is 5.65. The molecule has 0 aliphatic heterocycles. The number of carbonyl (C=O) groups excluding carboxylic acids is 1. The van der Waals surface area contributed by atoms with Gasteiger partial charge in [0.05, 0.1) is 11.3 Å². The predicted molar refractivity (Wildman–Crippen MR) is 129 cm³/mol. The molecule has 4 rings (SSSR count). The number of sulfone groups is 1. The zero-order valence-electron chi connectivity index (χ0n) is 19.2. The summed E-state index contributed by atoms with van der Waals surface area (Å²) in [4.78, 5) is 12.8. The van der Waals surface area contributed by atoms with Crippen LogP contribution in [0.4, 0.5) is 18.9 Å². The van der Waals surface area contributed by atoms with Gasteiger partial charge in [-0.2, -0.15) is 0 Å². The number of halogens is 3. The Labute approximate surface area is 204 Å². The number of rotatable bonds is 8. The van der Waals surface area contributed by atoms with Gasteiger partial charge >= 0.3 is 0 Å². The van der Waals surface area contributed by atoms with Crippen molar-refractivity contribution in [3.05, 3.63) is 83.2 Å². The third-order valence-corrected chi connectivity index (χ3v) is 5.92. The zero-order valence-corrected chi connectivity index (χ0v) is 20.0. The number of ether oxygens (including phenoxy) is 1. The van der Waals surface area contributed by atoms with E-state index in [0.29, 0.717) is 16.5 Å². The molecule has 2 N–H and O–H groups in total. The molecule has 11 heteroatoms. The minimum atomic E-state index is -3.43. The Hall–Kier alpha value is -3.99. The molecule has 0 spiro atoms. The highest BCUT2D eigenvalue weighted by Gasteiger charge is 2.24. The van der Waals surface area contributed by atoms with E-state index >= 15 is 0 Å². The lowest BCUT2D eigenvalue weighted by molar-refractivity contribution is 0.0964. The van der Waals surface area contributed by atoms with Crippen molar-refractivity contribution in [3.63, 3.8) is 0 Å². The van der Waals surface area contributed by atoms with Gasteiger partial charge in [0.15, 0.2) is 21.5 Å². The molecule has 7 nitrogen and oxygen atoms in total. The zero-order chi connectivity index (χ0) is 26.0. The Bertz CT molecular complexity index is 1550. The Morgan fingerprint density at radius 1 is 1.00 bits per heavy atom. The number of hydrogen-bond donors (Lipinski definition) is 2. The van der Waals surface area contributed by atoms with E-state index in [1.807, 2.05) is 0 Å². The van der Waals surface area contributed by atoms with Crippen LogP contribution >= 0.6 is 0 Å². The van der Waals surface area contributed by atoms with Crippen LogP contribution < -0.4 is 15.4 Å². The summed E-state index contributed by atoms with van der Waals surface area (Å²) in [6.45, 7) is -0.172. The van der Waals surface area contributed by atoms with Gasteiger partial charge in [-0.15, -0.1) is 0 Å². The quantitative estimate of drug-likeness (QED) is 0.346. The second-order valence-corrected chi connectivity index (χ2v) is 10.2. The van der Waals surface area contributed by atoms with E-state index in [4.69, 9.17) is 9.15 Å². The van der Waals surface area contributed by atoms with Crippen LogP contribution in [0.1, 0.15) is 15.9 Å². The summed E-state index contributed by atoms with van der Waals surface area (Å²) in [5.74, 6) is -3.08. The second-order valence-electron chi connectivity index (χ2n) is 8.02. The predicted octanol–water partition coefficient (Wildman–Crippen LogP) is 4.87. The standard InChI is InChI=1S/C25H21F3N2O5S/c1-29-25(31)23-17-10-22(34-12-14-3-8-18(27)19(28)9-14)20(30-13-36(2,32)33)11-21(17)35-24(23)15-4-6-16(26)7-5-15/h3-11,30H,12-13H2,1-2H3,(H,29,31). The first-order valence-electron chi connectivity index (χ1n) is 10.6. The Morgan fingerprint density at radius 3 is 2.36 bits per heavy atom. The molecule has 0 aliphatic rings. The van der Waals surface area contributed by atoms with Crippen molar-refractivity contribution >= 4 is 32.4 Å². The van der Waals surface area contributed by atoms with Gasteiger partial charge in [-0.25, -0.2) is 21.6 Å². The summed E-state index contributed by atoms with van der Waals surface area (Å²) in [5.41, 5.74) is 1.41. The van der Waals surface area contributed by atoms with Gasteiger partial charge in [-0.1, -0.05) is 6.07 Å². The van der Waals surface area contributed by atoms with Gasteiger partial charge in [-0.05, 0) is 48.0 Å². The molecule has 0 saturated carbocycles. The Balaban J connectivity index is 1.83. The van der Waals surface area contributed by atoms with E-state index in [0.717, 1.165) is 18.4 Å². The molecule has 3 aromatic carbocycles. The molecular formula is C25H21F3N2O5S. The van der Waals surface area contributed by atoms with E-state index in [1.54, 1.807) is 0 Å². The molecule has 0 unspecified atom stereocenters. The molecule has 4 aromatic rings. The largest absolute Gasteiger partial charge is 0.487 e. The van der Waals surface area contributed by atoms with Gasteiger partial charge in [0.2, 0.25) is 0 Å². The Morgan fingerprint density at radius 2 is 1.72 bits per heavy atom. The number of nitrogens with one attached hydrogen (secondary N) is 2. The SMILES string of the molecule is CNC(=O)c1c(-c2ccc(F)cc2)oc2cc(NCS(C)(=O)=O)c(OCc3ccc(F)c(F)c3)cc12. The molecule has 0 bridgehead atoms. The topological polar surface area (TPSA) is 97.6 Å². The van der Waals surface area contributed by atoms with Crippen LogP contribution in [0.5, 0.6) is 5.75 Å². The number of fused-ring (bicyclic) bond motifs is 1. The molecule has 0 fully saturated rings. The lowest BCUT2D eigenvalue weighted by Crippen LogP contribution is -2.18. The molecule has 1 amide bonds. The molecule has 0 aliphatic carbocycles. The highest BCUT2D eigenvalue weighted by atomic mass is 32.2. The van der Waals surface area contributed by atoms with Crippen molar-refractivity contribution in [1.29, 1.82) is 0 Å². The van der Waals surface area contributed by atoms with Crippen LogP contribution in [0.3, 0.4) is 0 Å². The van der Waals surface area contributed by atoms with Crippen LogP contribution in [0.15, 0.2) is 59.0 Å². The molecule has 0 atom stereocenters. The molecule has 1 heterocycles. The first-order valence-corrected chi connectivity index (χ1v) is 12.7. The highest BCUT2D eigenvalue weighted by Crippen LogP contribution is 2.39. The fourth-order valence-corrected chi connectivity index (χ4v) is 3.95. The number of hydrogen-bond acceptors (Lipinski definition) is 6. The van der Waals surface area contributed by atoms with Gasteiger partial charge in [-0.3, -0.25) is 4.79 Å². The lowest BCUT2D eigenvalue weighted by Gasteiger charge is -2.14. The van der Waals surface area contributed by atoms with Gasteiger partial charge in [0.25, 0.3) is 5.91 Å². The molecule has 0 radical (unpaired) electrons. The fourth-order valence-electron chi connectivity index (χ4n) is 3.53. The third kappa shape index (κ3) is 5.46. The van der Waals surface area contributed by atoms with Crippen LogP contribution in [0.25, 0.3) is 22.3 Å². The third-order valence-electron chi connectivity index (χ3n) is 5.25. The number of furan rings is 1. The van der Waals surface area contributed by atoms with E-state index in [1.165, 1.54) is 49.5 Å². The maximum Gasteiger partial charge on any atom is 0.255 e. The highest BCUT2D eigenvalue weighted by molar-refractivity contribution is 7.90. The average Bonchev–Trinajstić information content (AvgIpc) is 3.20. The van der Waals surface area contributed by atoms with E-state index < -0.39 is 39.1 Å². The van der Waals surface area contributed by atoms with E-state index in [-0.39, 0.29) is 35.0 Å². The van der Waals surface area contributed by atoms with Crippen molar-refractivity contribution in [2.45, 2.75) is 6.61 Å². The maximum absolute atomic E-state index is 13.6. The molecule has 1 aromatic heterocycles. The number of amides is 1. The number of anilines is 1. The lowest BCUT2D eigenvalue weighted by atomic mass is 10.0. The van der Waals surface area contributed by atoms with E-state index in [2.05, 4.69) is 10.6 Å². The monoisotopic (exact) mass is 518 g/mol. The van der Waals surface area contributed by atoms with Gasteiger partial charge in [0.1, 0.15) is 35.4 Å². The number of carbonyl (C=O) groups is 1. The molecular weight excluding hydrogens is 497 g/mol. The second kappa shape index (κ2) is 9.94. The van der Waals surface area contributed by atoms with Crippen LogP contribution in [0, 0.1) is 17.5 Å². The maximum atomic E-state index is 13.6.